The molecule has 2 N–H and O–H groups in total. The Labute approximate surface area is 217 Å². The maximum absolute atomic E-state index is 15.3. The molecule has 1 saturated heterocycles. The van der Waals surface area contributed by atoms with Gasteiger partial charge in [0.1, 0.15) is 29.0 Å². The molecule has 0 radical (unpaired) electrons. The predicted octanol–water partition coefficient (Wildman–Crippen LogP) is 4.93. The Bertz CT molecular complexity index is 1390. The number of anilines is 2. The van der Waals surface area contributed by atoms with Crippen LogP contribution in [0.25, 0.3) is 11.1 Å². The van der Waals surface area contributed by atoms with E-state index in [1.807, 2.05) is 5.32 Å². The molecule has 2 aromatic carbocycles. The van der Waals surface area contributed by atoms with E-state index in [1.54, 1.807) is 11.9 Å². The molecule has 1 aliphatic heterocycles. The lowest BCUT2D eigenvalue weighted by molar-refractivity contribution is -0.174. The van der Waals surface area contributed by atoms with Gasteiger partial charge in [-0.1, -0.05) is 6.07 Å². The van der Waals surface area contributed by atoms with Gasteiger partial charge in [0, 0.05) is 26.2 Å². The molecule has 3 aromatic rings. The Morgan fingerprint density at radius 1 is 0.949 bits per heavy atom. The first-order chi connectivity index (χ1) is 18.4. The average Bonchev–Trinajstić information content (AvgIpc) is 3.05. The van der Waals surface area contributed by atoms with Crippen LogP contribution >= 0.6 is 0 Å². The molecule has 0 bridgehead atoms. The summed E-state index contributed by atoms with van der Waals surface area (Å²) in [7, 11) is 1.55. The van der Waals surface area contributed by atoms with Crippen molar-refractivity contribution >= 4 is 23.3 Å². The number of alkyl halides is 3. The molecular formula is C25H22F7N5O2. The highest BCUT2D eigenvalue weighted by molar-refractivity contribution is 6.06. The van der Waals surface area contributed by atoms with E-state index >= 15 is 4.39 Å². The van der Waals surface area contributed by atoms with Crippen molar-refractivity contribution in [3.05, 3.63) is 65.4 Å². The molecule has 0 spiro atoms. The van der Waals surface area contributed by atoms with Crippen LogP contribution in [0.5, 0.6) is 0 Å². The van der Waals surface area contributed by atoms with Gasteiger partial charge in [0.15, 0.2) is 5.82 Å². The van der Waals surface area contributed by atoms with Crippen LogP contribution < -0.4 is 15.5 Å². The molecule has 2 amide bonds. The molecule has 0 saturated carbocycles. The first-order valence-corrected chi connectivity index (χ1v) is 11.8. The lowest BCUT2D eigenvalue weighted by atomic mass is 9.99. The van der Waals surface area contributed by atoms with E-state index in [1.165, 1.54) is 10.9 Å². The van der Waals surface area contributed by atoms with Gasteiger partial charge in [-0.3, -0.25) is 14.3 Å². The minimum Gasteiger partial charge on any atom is -0.355 e. The lowest BCUT2D eigenvalue weighted by Gasteiger charge is -2.24. The minimum absolute atomic E-state index is 0.114. The van der Waals surface area contributed by atoms with Crippen molar-refractivity contribution in [3.63, 3.8) is 0 Å². The first-order valence-electron chi connectivity index (χ1n) is 11.8. The van der Waals surface area contributed by atoms with E-state index in [0.717, 1.165) is 24.3 Å². The monoisotopic (exact) mass is 557 g/mol. The zero-order valence-corrected chi connectivity index (χ0v) is 20.4. The number of hydrogen-bond acceptors (Lipinski definition) is 4. The van der Waals surface area contributed by atoms with Crippen LogP contribution in [0.2, 0.25) is 0 Å². The average molecular weight is 557 g/mol. The van der Waals surface area contributed by atoms with E-state index in [0.29, 0.717) is 24.8 Å². The van der Waals surface area contributed by atoms with Gasteiger partial charge in [0.2, 0.25) is 0 Å². The summed E-state index contributed by atoms with van der Waals surface area (Å²) in [5.41, 5.74) is -2.57. The third-order valence-electron chi connectivity index (χ3n) is 6.32. The number of carbonyl (C=O) groups excluding carboxylic acids is 2. The van der Waals surface area contributed by atoms with Crippen molar-refractivity contribution in [1.82, 2.24) is 15.1 Å². The largest absolute Gasteiger partial charge is 0.471 e. The van der Waals surface area contributed by atoms with Gasteiger partial charge in [-0.25, -0.2) is 17.6 Å². The number of hydrogen-bond donors (Lipinski definition) is 2. The Morgan fingerprint density at radius 2 is 1.62 bits per heavy atom. The van der Waals surface area contributed by atoms with Crippen LogP contribution in [0.15, 0.2) is 36.5 Å². The van der Waals surface area contributed by atoms with Crippen molar-refractivity contribution in [3.8, 4) is 11.1 Å². The Hall–Kier alpha value is -4.10. The second-order valence-corrected chi connectivity index (χ2v) is 8.93. The van der Waals surface area contributed by atoms with E-state index in [-0.39, 0.29) is 25.1 Å². The SMILES string of the molecule is Cn1ncc(NC(=O)c2ccc(F)c(-c3c(F)cccc3F)c2F)c1N1CCCC(NC(=O)C(F)(F)F)CC1. The number of amides is 2. The summed E-state index contributed by atoms with van der Waals surface area (Å²) < 4.78 is 97.6. The van der Waals surface area contributed by atoms with Gasteiger partial charge in [0.05, 0.1) is 22.9 Å². The number of aromatic nitrogens is 2. The van der Waals surface area contributed by atoms with Crippen LogP contribution in [-0.4, -0.2) is 46.9 Å². The standard InChI is InChI=1S/C25H22F7N5O2/c1-36-23(37-10-3-4-13(9-11-37)34-24(39)25(30,31)32)18(12-33-36)35-22(38)14-7-8-17(28)20(21(14)29)19-15(26)5-2-6-16(19)27/h2,5-8,12-13H,3-4,9-11H2,1H3,(H,34,39)(H,35,38). The van der Waals surface area contributed by atoms with Crippen molar-refractivity contribution < 1.29 is 40.3 Å². The number of aryl methyl sites for hydroxylation is 1. The molecule has 39 heavy (non-hydrogen) atoms. The van der Waals surface area contributed by atoms with Crippen LogP contribution in [0, 0.1) is 23.3 Å². The molecule has 1 aliphatic rings. The fourth-order valence-corrected chi connectivity index (χ4v) is 4.50. The third-order valence-corrected chi connectivity index (χ3v) is 6.32. The van der Waals surface area contributed by atoms with Gasteiger partial charge in [-0.05, 0) is 43.5 Å². The van der Waals surface area contributed by atoms with Crippen molar-refractivity contribution in [2.45, 2.75) is 31.5 Å². The fraction of sp³-hybridized carbons (Fsp3) is 0.320. The van der Waals surface area contributed by atoms with Crippen LogP contribution in [0.3, 0.4) is 0 Å². The number of rotatable bonds is 5. The first kappa shape index (κ1) is 27.9. The van der Waals surface area contributed by atoms with E-state index in [2.05, 4.69) is 10.4 Å². The maximum Gasteiger partial charge on any atom is 0.471 e. The maximum atomic E-state index is 15.3. The van der Waals surface area contributed by atoms with Crippen molar-refractivity contribution in [2.24, 2.45) is 7.05 Å². The lowest BCUT2D eigenvalue weighted by Crippen LogP contribution is -2.43. The van der Waals surface area contributed by atoms with Crippen LogP contribution in [0.1, 0.15) is 29.6 Å². The van der Waals surface area contributed by atoms with E-state index < -0.39 is 64.0 Å². The smallest absolute Gasteiger partial charge is 0.355 e. The van der Waals surface area contributed by atoms with Gasteiger partial charge in [0.25, 0.3) is 5.91 Å². The summed E-state index contributed by atoms with van der Waals surface area (Å²) in [6.07, 6.45) is -2.87. The summed E-state index contributed by atoms with van der Waals surface area (Å²) in [5, 5.41) is 8.52. The molecule has 1 fully saturated rings. The highest BCUT2D eigenvalue weighted by atomic mass is 19.4. The highest BCUT2D eigenvalue weighted by Gasteiger charge is 2.40. The van der Waals surface area contributed by atoms with E-state index in [9.17, 15) is 35.9 Å². The summed E-state index contributed by atoms with van der Waals surface area (Å²) in [4.78, 5) is 26.1. The molecule has 1 atom stereocenters. The molecule has 1 unspecified atom stereocenters. The van der Waals surface area contributed by atoms with Gasteiger partial charge >= 0.3 is 12.1 Å². The molecule has 14 heteroatoms. The van der Waals surface area contributed by atoms with Crippen molar-refractivity contribution in [2.75, 3.05) is 23.3 Å². The second kappa shape index (κ2) is 10.9. The normalized spacial score (nSPS) is 16.1. The summed E-state index contributed by atoms with van der Waals surface area (Å²) >= 11 is 0. The van der Waals surface area contributed by atoms with Crippen molar-refractivity contribution in [1.29, 1.82) is 0 Å². The number of benzene rings is 2. The highest BCUT2D eigenvalue weighted by Crippen LogP contribution is 2.34. The summed E-state index contributed by atoms with van der Waals surface area (Å²) in [6, 6.07) is 3.50. The molecule has 0 aliphatic carbocycles. The molecule has 2 heterocycles. The molecule has 7 nitrogen and oxygen atoms in total. The fourth-order valence-electron chi connectivity index (χ4n) is 4.50. The summed E-state index contributed by atoms with van der Waals surface area (Å²) in [6.45, 7) is 0.551. The zero-order valence-electron chi connectivity index (χ0n) is 20.4. The third kappa shape index (κ3) is 5.83. The van der Waals surface area contributed by atoms with E-state index in [4.69, 9.17) is 0 Å². The topological polar surface area (TPSA) is 79.3 Å². The van der Waals surface area contributed by atoms with Crippen LogP contribution in [-0.2, 0) is 11.8 Å². The van der Waals surface area contributed by atoms with Gasteiger partial charge < -0.3 is 15.5 Å². The number of nitrogens with one attached hydrogen (secondary N) is 2. The van der Waals surface area contributed by atoms with Crippen LogP contribution in [0.4, 0.5) is 42.2 Å². The molecule has 4 rings (SSSR count). The minimum atomic E-state index is -5.00. The molecular weight excluding hydrogens is 535 g/mol. The Kier molecular flexibility index (Phi) is 7.84. The number of carbonyl (C=O) groups is 2. The molecule has 208 valence electrons. The number of nitrogens with zero attached hydrogens (tertiary/aromatic N) is 3. The second-order valence-electron chi connectivity index (χ2n) is 8.93. The number of halogens is 7. The predicted molar refractivity (Wildman–Crippen MR) is 127 cm³/mol. The van der Waals surface area contributed by atoms with Gasteiger partial charge in [-0.15, -0.1) is 0 Å². The zero-order chi connectivity index (χ0) is 28.5. The Balaban J connectivity index is 1.56. The van der Waals surface area contributed by atoms with Gasteiger partial charge in [-0.2, -0.15) is 18.3 Å². The quantitative estimate of drug-likeness (QED) is 0.436. The Morgan fingerprint density at radius 3 is 2.28 bits per heavy atom. The summed E-state index contributed by atoms with van der Waals surface area (Å²) in [5.74, 6) is -7.90. The molecule has 1 aromatic heterocycles.